The number of nitrogens with zero attached hydrogens (tertiary/aromatic N) is 4. The van der Waals surface area contributed by atoms with Gasteiger partial charge in [-0.15, -0.1) is 0 Å². The molecule has 1 aliphatic carbocycles. The Morgan fingerprint density at radius 2 is 2.21 bits per heavy atom. The summed E-state index contributed by atoms with van der Waals surface area (Å²) in [4.78, 5) is 22.1. The number of nitrogens with one attached hydrogen (secondary N) is 3. The van der Waals surface area contributed by atoms with E-state index >= 15 is 0 Å². The number of anilines is 2. The van der Waals surface area contributed by atoms with Crippen molar-refractivity contribution in [1.29, 1.82) is 5.41 Å². The molecule has 0 aliphatic heterocycles. The molecule has 34 heavy (non-hydrogen) atoms. The molecule has 0 spiro atoms. The van der Waals surface area contributed by atoms with Crippen molar-refractivity contribution in [2.75, 3.05) is 11.1 Å². The number of aryl methyl sites for hydroxylation is 1. The molecule has 0 unspecified atom stereocenters. The zero-order valence-electron chi connectivity index (χ0n) is 18.7. The number of aromatic amines is 1. The summed E-state index contributed by atoms with van der Waals surface area (Å²) < 4.78 is 1.79. The van der Waals surface area contributed by atoms with E-state index in [2.05, 4.69) is 31.6 Å². The van der Waals surface area contributed by atoms with Crippen molar-refractivity contribution in [2.45, 2.75) is 26.3 Å². The predicted molar refractivity (Wildman–Crippen MR) is 134 cm³/mol. The summed E-state index contributed by atoms with van der Waals surface area (Å²) in [7, 11) is 0. The Morgan fingerprint density at radius 1 is 1.32 bits per heavy atom. The van der Waals surface area contributed by atoms with Crippen LogP contribution in [0.25, 0.3) is 16.5 Å². The molecular weight excluding hydrogens is 428 g/mol. The second-order valence-corrected chi connectivity index (χ2v) is 8.14. The lowest BCUT2D eigenvalue weighted by Crippen LogP contribution is -2.26. The lowest BCUT2D eigenvalue weighted by atomic mass is 10.0. The second kappa shape index (κ2) is 8.78. The minimum absolute atomic E-state index is 0.0393. The van der Waals surface area contributed by atoms with Gasteiger partial charge in [-0.05, 0) is 42.9 Å². The van der Waals surface area contributed by atoms with Crippen LogP contribution in [-0.4, -0.2) is 30.4 Å². The lowest BCUT2D eigenvalue weighted by Gasteiger charge is -2.20. The molecule has 3 aromatic heterocycles. The summed E-state index contributed by atoms with van der Waals surface area (Å²) >= 11 is 0. The highest BCUT2D eigenvalue weighted by Gasteiger charge is 2.19. The third-order valence-electron chi connectivity index (χ3n) is 5.96. The van der Waals surface area contributed by atoms with Crippen LogP contribution in [-0.2, 0) is 6.54 Å². The molecule has 0 saturated heterocycles. The van der Waals surface area contributed by atoms with Crippen LogP contribution < -0.4 is 16.6 Å². The molecule has 0 atom stereocenters. The highest BCUT2D eigenvalue weighted by molar-refractivity contribution is 6.15. The van der Waals surface area contributed by atoms with Gasteiger partial charge in [0.2, 0.25) is 0 Å². The van der Waals surface area contributed by atoms with Crippen LogP contribution in [0.4, 0.5) is 11.6 Å². The molecule has 5 N–H and O–H groups in total. The Bertz CT molecular complexity index is 1510. The average Bonchev–Trinajstić information content (AvgIpc) is 3.38. The van der Waals surface area contributed by atoms with Crippen LogP contribution in [0.3, 0.4) is 0 Å². The van der Waals surface area contributed by atoms with Crippen LogP contribution in [0, 0.1) is 12.3 Å². The first-order chi connectivity index (χ1) is 16.5. The zero-order chi connectivity index (χ0) is 23.7. The minimum atomic E-state index is -0.0393. The van der Waals surface area contributed by atoms with Crippen LogP contribution >= 0.6 is 0 Å². The van der Waals surface area contributed by atoms with Gasteiger partial charge in [0, 0.05) is 23.2 Å². The summed E-state index contributed by atoms with van der Waals surface area (Å²) in [5.74, 6) is 0.606. The van der Waals surface area contributed by atoms with Crippen molar-refractivity contribution in [3.8, 4) is 0 Å². The fraction of sp³-hybridized carbons (Fsp3) is 0.160. The number of H-pyrrole nitrogens is 1. The number of benzene rings is 1. The summed E-state index contributed by atoms with van der Waals surface area (Å²) in [6.07, 6.45) is 12.2. The molecule has 0 amide bonds. The normalized spacial score (nSPS) is 13.1. The number of nitrogen functional groups attached to an aromatic ring is 1. The summed E-state index contributed by atoms with van der Waals surface area (Å²) in [5.41, 5.74) is 9.88. The molecule has 9 nitrogen and oxygen atoms in total. The molecular formula is C25H24N8O. The van der Waals surface area contributed by atoms with Crippen molar-refractivity contribution in [3.63, 3.8) is 0 Å². The van der Waals surface area contributed by atoms with Crippen LogP contribution in [0.5, 0.6) is 0 Å². The molecule has 170 valence electrons. The monoisotopic (exact) mass is 452 g/mol. The van der Waals surface area contributed by atoms with E-state index in [9.17, 15) is 4.79 Å². The largest absolute Gasteiger partial charge is 0.383 e. The van der Waals surface area contributed by atoms with Crippen molar-refractivity contribution >= 4 is 33.8 Å². The molecule has 5 rings (SSSR count). The highest BCUT2D eigenvalue weighted by atomic mass is 16.1. The minimum Gasteiger partial charge on any atom is -0.383 e. The van der Waals surface area contributed by atoms with E-state index in [0.717, 1.165) is 40.6 Å². The predicted octanol–water partition coefficient (Wildman–Crippen LogP) is 3.62. The van der Waals surface area contributed by atoms with Gasteiger partial charge in [0.15, 0.2) is 0 Å². The molecule has 0 radical (unpaired) electrons. The average molecular weight is 453 g/mol. The van der Waals surface area contributed by atoms with Gasteiger partial charge in [-0.1, -0.05) is 30.4 Å². The summed E-state index contributed by atoms with van der Waals surface area (Å²) in [6, 6.07) is 7.90. The van der Waals surface area contributed by atoms with E-state index in [-0.39, 0.29) is 17.1 Å². The Kier molecular flexibility index (Phi) is 5.51. The number of nitrogens with two attached hydrogens (primary N) is 1. The first-order valence-electron chi connectivity index (χ1n) is 11.0. The highest BCUT2D eigenvalue weighted by Crippen LogP contribution is 2.25. The van der Waals surface area contributed by atoms with Gasteiger partial charge in [0.1, 0.15) is 18.0 Å². The van der Waals surface area contributed by atoms with E-state index in [1.165, 1.54) is 6.33 Å². The SMILES string of the molecule is Cc1cccc2cc(CNc3ncnc(N)c3C(=N)c3cn[nH]c3)n(C3=CC=CCC3)c(=O)c12. The van der Waals surface area contributed by atoms with Gasteiger partial charge in [-0.25, -0.2) is 9.97 Å². The van der Waals surface area contributed by atoms with E-state index < -0.39 is 0 Å². The maximum Gasteiger partial charge on any atom is 0.263 e. The summed E-state index contributed by atoms with van der Waals surface area (Å²) in [5, 5.41) is 20.1. The third kappa shape index (κ3) is 3.77. The number of hydrogen-bond acceptors (Lipinski definition) is 7. The third-order valence-corrected chi connectivity index (χ3v) is 5.96. The number of hydrogen-bond donors (Lipinski definition) is 4. The molecule has 9 heteroatoms. The van der Waals surface area contributed by atoms with E-state index in [4.69, 9.17) is 11.1 Å². The molecule has 4 aromatic rings. The van der Waals surface area contributed by atoms with Gasteiger partial charge in [-0.3, -0.25) is 19.9 Å². The van der Waals surface area contributed by atoms with Crippen LogP contribution in [0.1, 0.15) is 35.2 Å². The van der Waals surface area contributed by atoms with Crippen molar-refractivity contribution in [1.82, 2.24) is 24.7 Å². The van der Waals surface area contributed by atoms with E-state index in [1.54, 1.807) is 17.0 Å². The fourth-order valence-corrected chi connectivity index (χ4v) is 4.30. The lowest BCUT2D eigenvalue weighted by molar-refractivity contribution is 0.852. The topological polar surface area (TPSA) is 138 Å². The van der Waals surface area contributed by atoms with E-state index in [0.29, 0.717) is 23.5 Å². The van der Waals surface area contributed by atoms with Gasteiger partial charge in [-0.2, -0.15) is 5.10 Å². The van der Waals surface area contributed by atoms with Crippen molar-refractivity contribution < 1.29 is 0 Å². The molecule has 3 heterocycles. The van der Waals surface area contributed by atoms with Gasteiger partial charge in [0.25, 0.3) is 5.56 Å². The number of aromatic nitrogens is 5. The molecule has 1 aromatic carbocycles. The maximum atomic E-state index is 13.6. The van der Waals surface area contributed by atoms with Crippen LogP contribution in [0.2, 0.25) is 0 Å². The Morgan fingerprint density at radius 3 is 2.97 bits per heavy atom. The first-order valence-corrected chi connectivity index (χ1v) is 11.0. The Labute approximate surface area is 195 Å². The molecule has 1 aliphatic rings. The molecule has 0 fully saturated rings. The second-order valence-electron chi connectivity index (χ2n) is 8.14. The van der Waals surface area contributed by atoms with Gasteiger partial charge < -0.3 is 11.1 Å². The number of rotatable bonds is 6. The van der Waals surface area contributed by atoms with Crippen molar-refractivity contribution in [2.24, 2.45) is 0 Å². The van der Waals surface area contributed by atoms with Gasteiger partial charge in [0.05, 0.1) is 29.4 Å². The quantitative estimate of drug-likeness (QED) is 0.330. The van der Waals surface area contributed by atoms with E-state index in [1.807, 2.05) is 43.3 Å². The number of fused-ring (bicyclic) bond motifs is 1. The first kappa shape index (κ1) is 21.3. The summed E-state index contributed by atoms with van der Waals surface area (Å²) in [6.45, 7) is 2.26. The number of allylic oxidation sites excluding steroid dienone is 4. The smallest absolute Gasteiger partial charge is 0.263 e. The van der Waals surface area contributed by atoms with Crippen LogP contribution in [0.15, 0.2) is 66.0 Å². The number of pyridine rings is 1. The fourth-order valence-electron chi connectivity index (χ4n) is 4.30. The van der Waals surface area contributed by atoms with Crippen molar-refractivity contribution in [3.05, 3.63) is 94.0 Å². The molecule has 0 bridgehead atoms. The zero-order valence-corrected chi connectivity index (χ0v) is 18.7. The van der Waals surface area contributed by atoms with Gasteiger partial charge >= 0.3 is 0 Å². The Balaban J connectivity index is 1.59. The Hall–Kier alpha value is -4.53. The molecule has 0 saturated carbocycles. The standard InChI is InChI=1S/C25H24N8O/c1-15-6-5-7-16-10-19(33(25(34)20(15)16)18-8-3-2-4-9-18)13-28-24-21(23(27)29-14-30-24)22(26)17-11-31-32-12-17/h2-3,5-8,10-12,14,26H,4,9,13H2,1H3,(H,31,32)(H3,27,28,29,30). The maximum absolute atomic E-state index is 13.6.